The highest BCUT2D eigenvalue weighted by molar-refractivity contribution is 6.32. The van der Waals surface area contributed by atoms with E-state index in [4.69, 9.17) is 26.3 Å². The van der Waals surface area contributed by atoms with Gasteiger partial charge in [0.25, 0.3) is 11.8 Å². The second-order valence-electron chi connectivity index (χ2n) is 6.37. The average Bonchev–Trinajstić information content (AvgIpc) is 2.76. The maximum absolute atomic E-state index is 12.7. The van der Waals surface area contributed by atoms with E-state index in [1.165, 1.54) is 12.4 Å². The first kappa shape index (κ1) is 19.5. The molecule has 0 atom stereocenters. The van der Waals surface area contributed by atoms with Crippen LogP contribution >= 0.6 is 11.6 Å². The lowest BCUT2D eigenvalue weighted by Gasteiger charge is -2.19. The molecular formula is C21H16ClN5O3. The first-order valence-corrected chi connectivity index (χ1v) is 9.48. The molecule has 1 amide bonds. The summed E-state index contributed by atoms with van der Waals surface area (Å²) in [5.41, 5.74) is 1.76. The van der Waals surface area contributed by atoms with Gasteiger partial charge in [-0.2, -0.15) is 10.2 Å². The zero-order valence-corrected chi connectivity index (χ0v) is 16.4. The first-order chi connectivity index (χ1) is 14.6. The molecule has 150 valence electrons. The minimum absolute atomic E-state index is 0.205. The van der Waals surface area contributed by atoms with E-state index in [2.05, 4.69) is 26.7 Å². The lowest BCUT2D eigenvalue weighted by atomic mass is 10.1. The molecule has 8 nitrogen and oxygen atoms in total. The van der Waals surface area contributed by atoms with Crippen LogP contribution in [0.15, 0.2) is 48.8 Å². The summed E-state index contributed by atoms with van der Waals surface area (Å²) in [5, 5.41) is 15.1. The third-order valence-electron chi connectivity index (χ3n) is 4.28. The van der Waals surface area contributed by atoms with Gasteiger partial charge in [0.05, 0.1) is 24.1 Å². The highest BCUT2D eigenvalue weighted by Gasteiger charge is 2.20. The number of benzene rings is 2. The van der Waals surface area contributed by atoms with Crippen LogP contribution in [0.25, 0.3) is 0 Å². The summed E-state index contributed by atoms with van der Waals surface area (Å²) in [4.78, 5) is 20.9. The van der Waals surface area contributed by atoms with Crippen molar-refractivity contribution in [1.29, 1.82) is 5.26 Å². The van der Waals surface area contributed by atoms with Gasteiger partial charge in [0.1, 0.15) is 18.7 Å². The van der Waals surface area contributed by atoms with Crippen LogP contribution in [0.4, 0.5) is 11.5 Å². The summed E-state index contributed by atoms with van der Waals surface area (Å²) >= 11 is 6.26. The maximum Gasteiger partial charge on any atom is 0.268 e. The Bertz CT molecular complexity index is 1150. The molecule has 0 bridgehead atoms. The fraction of sp³-hybridized carbons (Fsp3) is 0.143. The van der Waals surface area contributed by atoms with Crippen molar-refractivity contribution >= 4 is 29.0 Å². The zero-order chi connectivity index (χ0) is 20.9. The Hall–Kier alpha value is -3.83. The van der Waals surface area contributed by atoms with Crippen molar-refractivity contribution in [1.82, 2.24) is 9.97 Å². The maximum atomic E-state index is 12.7. The molecule has 2 aromatic carbocycles. The number of carbonyl (C=O) groups excluding carboxylic acids is 1. The fourth-order valence-corrected chi connectivity index (χ4v) is 3.05. The lowest BCUT2D eigenvalue weighted by molar-refractivity contribution is 0.102. The van der Waals surface area contributed by atoms with E-state index in [-0.39, 0.29) is 24.0 Å². The summed E-state index contributed by atoms with van der Waals surface area (Å²) in [7, 11) is 0. The standard InChI is InChI=1S/C21H16ClN5O3/c22-16-5-4-14(20(28)27-15-3-1-2-13(10-15)6-7-23)11-17(16)30-21-18-19(25-12-26-21)24-8-9-29-18/h1-5,10-12H,6,8-9H2,(H,27,28)(H,24,25,26). The second-order valence-corrected chi connectivity index (χ2v) is 6.78. The van der Waals surface area contributed by atoms with Crippen LogP contribution in [0.5, 0.6) is 17.4 Å². The highest BCUT2D eigenvalue weighted by atomic mass is 35.5. The number of nitrogens with zero attached hydrogens (tertiary/aromatic N) is 3. The Morgan fingerprint density at radius 2 is 2.20 bits per heavy atom. The SMILES string of the molecule is N#CCc1cccc(NC(=O)c2ccc(Cl)c(Oc3ncnc4c3OCCN4)c2)c1. The van der Waals surface area contributed by atoms with Gasteiger partial charge in [-0.05, 0) is 35.9 Å². The van der Waals surface area contributed by atoms with Gasteiger partial charge >= 0.3 is 0 Å². The molecule has 0 radical (unpaired) electrons. The van der Waals surface area contributed by atoms with Crippen LogP contribution < -0.4 is 20.1 Å². The van der Waals surface area contributed by atoms with E-state index < -0.39 is 0 Å². The smallest absolute Gasteiger partial charge is 0.268 e. The summed E-state index contributed by atoms with van der Waals surface area (Å²) in [6.45, 7) is 1.09. The molecule has 30 heavy (non-hydrogen) atoms. The van der Waals surface area contributed by atoms with Crippen molar-refractivity contribution in [3.8, 4) is 23.4 Å². The van der Waals surface area contributed by atoms with Gasteiger partial charge in [-0.25, -0.2) is 4.98 Å². The Kier molecular flexibility index (Phi) is 5.63. The van der Waals surface area contributed by atoms with Crippen molar-refractivity contribution in [2.75, 3.05) is 23.8 Å². The van der Waals surface area contributed by atoms with Gasteiger partial charge in [0.2, 0.25) is 5.75 Å². The number of rotatable bonds is 5. The number of anilines is 2. The molecule has 0 saturated heterocycles. The number of hydrogen-bond acceptors (Lipinski definition) is 7. The van der Waals surface area contributed by atoms with Gasteiger partial charge in [0.15, 0.2) is 5.82 Å². The van der Waals surface area contributed by atoms with Crippen LogP contribution in [0, 0.1) is 11.3 Å². The third kappa shape index (κ3) is 4.26. The normalized spacial score (nSPS) is 12.0. The number of ether oxygens (including phenoxy) is 2. The Morgan fingerprint density at radius 3 is 3.07 bits per heavy atom. The van der Waals surface area contributed by atoms with E-state index in [1.54, 1.807) is 30.3 Å². The van der Waals surface area contributed by atoms with Gasteiger partial charge < -0.3 is 20.1 Å². The molecule has 0 saturated carbocycles. The van der Waals surface area contributed by atoms with Gasteiger partial charge in [-0.1, -0.05) is 23.7 Å². The minimum atomic E-state index is -0.340. The van der Waals surface area contributed by atoms with E-state index >= 15 is 0 Å². The van der Waals surface area contributed by atoms with Crippen molar-refractivity contribution < 1.29 is 14.3 Å². The predicted octanol–water partition coefficient (Wildman–Crippen LogP) is 4.04. The van der Waals surface area contributed by atoms with Gasteiger partial charge in [0, 0.05) is 11.3 Å². The highest BCUT2D eigenvalue weighted by Crippen LogP contribution is 2.38. The van der Waals surface area contributed by atoms with E-state index in [9.17, 15) is 4.79 Å². The van der Waals surface area contributed by atoms with Crippen LogP contribution in [0.1, 0.15) is 15.9 Å². The monoisotopic (exact) mass is 421 g/mol. The van der Waals surface area contributed by atoms with E-state index in [0.29, 0.717) is 41.0 Å². The molecule has 3 aromatic rings. The largest absolute Gasteiger partial charge is 0.483 e. The van der Waals surface area contributed by atoms with E-state index in [1.807, 2.05) is 6.07 Å². The molecule has 0 aliphatic carbocycles. The van der Waals surface area contributed by atoms with Gasteiger partial charge in [-0.3, -0.25) is 4.79 Å². The number of fused-ring (bicyclic) bond motifs is 1. The molecule has 0 spiro atoms. The quantitative estimate of drug-likeness (QED) is 0.639. The van der Waals surface area contributed by atoms with Crippen molar-refractivity contribution in [2.45, 2.75) is 6.42 Å². The molecular weight excluding hydrogens is 406 g/mol. The summed E-state index contributed by atoms with van der Waals surface area (Å²) in [6, 6.07) is 13.9. The molecule has 1 aliphatic heterocycles. The fourth-order valence-electron chi connectivity index (χ4n) is 2.89. The minimum Gasteiger partial charge on any atom is -0.483 e. The molecule has 1 aromatic heterocycles. The number of aromatic nitrogens is 2. The average molecular weight is 422 g/mol. The van der Waals surface area contributed by atoms with Crippen molar-refractivity contribution in [3.05, 3.63) is 64.9 Å². The zero-order valence-electron chi connectivity index (χ0n) is 15.7. The number of nitrogens with one attached hydrogen (secondary N) is 2. The molecule has 2 N–H and O–H groups in total. The first-order valence-electron chi connectivity index (χ1n) is 9.10. The number of halogens is 1. The lowest BCUT2D eigenvalue weighted by Crippen LogP contribution is -2.19. The molecule has 4 rings (SSSR count). The molecule has 0 unspecified atom stereocenters. The van der Waals surface area contributed by atoms with Crippen molar-refractivity contribution in [3.63, 3.8) is 0 Å². The van der Waals surface area contributed by atoms with Crippen LogP contribution in [0.3, 0.4) is 0 Å². The third-order valence-corrected chi connectivity index (χ3v) is 4.59. The number of nitriles is 1. The van der Waals surface area contributed by atoms with Crippen LogP contribution in [-0.4, -0.2) is 29.0 Å². The summed E-state index contributed by atoms with van der Waals surface area (Å²) < 4.78 is 11.4. The van der Waals surface area contributed by atoms with Crippen LogP contribution in [0.2, 0.25) is 5.02 Å². The van der Waals surface area contributed by atoms with Gasteiger partial charge in [-0.15, -0.1) is 0 Å². The summed E-state index contributed by atoms with van der Waals surface area (Å²) in [5.74, 6) is 1.05. The predicted molar refractivity (Wildman–Crippen MR) is 111 cm³/mol. The molecule has 9 heteroatoms. The number of hydrogen-bond donors (Lipinski definition) is 2. The van der Waals surface area contributed by atoms with Crippen LogP contribution in [-0.2, 0) is 6.42 Å². The van der Waals surface area contributed by atoms with E-state index in [0.717, 1.165) is 5.56 Å². The molecule has 2 heterocycles. The Morgan fingerprint density at radius 1 is 1.30 bits per heavy atom. The molecule has 0 fully saturated rings. The Labute approximate surface area is 177 Å². The van der Waals surface area contributed by atoms with Crippen molar-refractivity contribution in [2.24, 2.45) is 0 Å². The summed E-state index contributed by atoms with van der Waals surface area (Å²) in [6.07, 6.45) is 1.62. The molecule has 1 aliphatic rings. The number of amides is 1. The topological polar surface area (TPSA) is 109 Å². The number of carbonyl (C=O) groups is 1. The Balaban J connectivity index is 1.56. The second kappa shape index (κ2) is 8.68.